The van der Waals surface area contributed by atoms with E-state index in [-0.39, 0.29) is 11.8 Å². The lowest BCUT2D eigenvalue weighted by atomic mass is 9.96. The second-order valence-corrected chi connectivity index (χ2v) is 5.97. The maximum absolute atomic E-state index is 12.3. The second-order valence-electron chi connectivity index (χ2n) is 4.63. The number of piperidine rings is 1. The highest BCUT2D eigenvalue weighted by molar-refractivity contribution is 7.80. The molecule has 1 aromatic carbocycles. The van der Waals surface area contributed by atoms with Gasteiger partial charge in [-0.25, -0.2) is 0 Å². The van der Waals surface area contributed by atoms with E-state index in [0.29, 0.717) is 33.7 Å². The molecule has 1 aromatic rings. The summed E-state index contributed by atoms with van der Waals surface area (Å²) in [6, 6.07) is 4.88. The number of hydrogen-bond acceptors (Lipinski definition) is 2. The van der Waals surface area contributed by atoms with Gasteiger partial charge in [-0.1, -0.05) is 35.4 Å². The van der Waals surface area contributed by atoms with E-state index in [1.807, 2.05) is 0 Å². The van der Waals surface area contributed by atoms with Crippen molar-refractivity contribution in [2.45, 2.75) is 12.8 Å². The Labute approximate surface area is 127 Å². The van der Waals surface area contributed by atoms with E-state index < -0.39 is 0 Å². The van der Waals surface area contributed by atoms with E-state index in [9.17, 15) is 4.79 Å². The summed E-state index contributed by atoms with van der Waals surface area (Å²) in [6.07, 6.45) is 1.63. The third-order valence-corrected chi connectivity index (χ3v) is 4.06. The first-order chi connectivity index (χ1) is 8.97. The average Bonchev–Trinajstić information content (AvgIpc) is 2.37. The van der Waals surface area contributed by atoms with E-state index in [4.69, 9.17) is 41.2 Å². The standard InChI is InChI=1S/C13H14Cl2N2OS/c14-10-5-9(6-11(15)7-10)13(18)17-3-1-8(2-4-17)12(16)19/h5-8H,1-4H2,(H2,16,19). The molecule has 1 heterocycles. The van der Waals surface area contributed by atoms with E-state index >= 15 is 0 Å². The summed E-state index contributed by atoms with van der Waals surface area (Å²) in [7, 11) is 0. The summed E-state index contributed by atoms with van der Waals surface area (Å²) in [4.78, 5) is 14.7. The Morgan fingerprint density at radius 1 is 1.21 bits per heavy atom. The van der Waals surface area contributed by atoms with Crippen LogP contribution in [-0.4, -0.2) is 28.9 Å². The molecule has 19 heavy (non-hydrogen) atoms. The normalized spacial score (nSPS) is 16.4. The fourth-order valence-corrected chi connectivity index (χ4v) is 2.99. The highest BCUT2D eigenvalue weighted by Gasteiger charge is 2.25. The highest BCUT2D eigenvalue weighted by Crippen LogP contribution is 2.23. The van der Waals surface area contributed by atoms with Crippen LogP contribution in [0.15, 0.2) is 18.2 Å². The number of nitrogens with zero attached hydrogens (tertiary/aromatic N) is 1. The highest BCUT2D eigenvalue weighted by atomic mass is 35.5. The minimum Gasteiger partial charge on any atom is -0.393 e. The lowest BCUT2D eigenvalue weighted by molar-refractivity contribution is 0.0710. The Kier molecular flexibility index (Phi) is 4.66. The van der Waals surface area contributed by atoms with Crippen molar-refractivity contribution in [3.8, 4) is 0 Å². The third kappa shape index (κ3) is 3.59. The molecule has 1 fully saturated rings. The van der Waals surface area contributed by atoms with Crippen molar-refractivity contribution >= 4 is 46.3 Å². The van der Waals surface area contributed by atoms with Gasteiger partial charge in [0.25, 0.3) is 5.91 Å². The van der Waals surface area contributed by atoms with Gasteiger partial charge in [-0.2, -0.15) is 0 Å². The van der Waals surface area contributed by atoms with Gasteiger partial charge in [0.15, 0.2) is 0 Å². The number of carbonyl (C=O) groups is 1. The molecule has 3 nitrogen and oxygen atoms in total. The molecule has 0 bridgehead atoms. The first-order valence-corrected chi connectivity index (χ1v) is 7.18. The van der Waals surface area contributed by atoms with Crippen molar-refractivity contribution in [1.82, 2.24) is 4.90 Å². The molecule has 0 atom stereocenters. The predicted molar refractivity (Wildman–Crippen MR) is 81.9 cm³/mol. The Balaban J connectivity index is 2.07. The summed E-state index contributed by atoms with van der Waals surface area (Å²) < 4.78 is 0. The number of thiocarbonyl (C=S) groups is 1. The largest absolute Gasteiger partial charge is 0.393 e. The van der Waals surface area contributed by atoms with Gasteiger partial charge in [0.1, 0.15) is 0 Å². The molecule has 1 aliphatic heterocycles. The van der Waals surface area contributed by atoms with Gasteiger partial charge < -0.3 is 10.6 Å². The molecule has 1 aliphatic rings. The zero-order valence-corrected chi connectivity index (χ0v) is 12.6. The first-order valence-electron chi connectivity index (χ1n) is 6.02. The van der Waals surface area contributed by atoms with Crippen LogP contribution >= 0.6 is 35.4 Å². The SMILES string of the molecule is NC(=S)C1CCN(C(=O)c2cc(Cl)cc(Cl)c2)CC1. The van der Waals surface area contributed by atoms with Crippen LogP contribution in [0.3, 0.4) is 0 Å². The topological polar surface area (TPSA) is 46.3 Å². The van der Waals surface area contributed by atoms with Crippen molar-refractivity contribution in [2.75, 3.05) is 13.1 Å². The third-order valence-electron chi connectivity index (χ3n) is 3.29. The molecule has 102 valence electrons. The van der Waals surface area contributed by atoms with Crippen molar-refractivity contribution in [1.29, 1.82) is 0 Å². The van der Waals surface area contributed by atoms with Crippen LogP contribution in [0.1, 0.15) is 23.2 Å². The number of hydrogen-bond donors (Lipinski definition) is 1. The van der Waals surface area contributed by atoms with Crippen molar-refractivity contribution in [3.05, 3.63) is 33.8 Å². The van der Waals surface area contributed by atoms with Gasteiger partial charge in [0.2, 0.25) is 0 Å². The quantitative estimate of drug-likeness (QED) is 0.853. The van der Waals surface area contributed by atoms with Crippen molar-refractivity contribution in [3.63, 3.8) is 0 Å². The molecule has 2 rings (SSSR count). The lowest BCUT2D eigenvalue weighted by Gasteiger charge is -2.31. The molecule has 1 saturated heterocycles. The van der Waals surface area contributed by atoms with E-state index in [1.165, 1.54) is 0 Å². The van der Waals surface area contributed by atoms with Crippen LogP contribution in [0.2, 0.25) is 10.0 Å². The zero-order valence-electron chi connectivity index (χ0n) is 10.2. The molecule has 6 heteroatoms. The summed E-state index contributed by atoms with van der Waals surface area (Å²) in [5, 5.41) is 0.933. The molecule has 2 N–H and O–H groups in total. The van der Waals surface area contributed by atoms with Gasteiger partial charge in [-0.3, -0.25) is 4.79 Å². The summed E-state index contributed by atoms with van der Waals surface area (Å²) in [5.74, 6) is 0.188. The zero-order chi connectivity index (χ0) is 14.0. The molecular formula is C13H14Cl2N2OS. The number of benzene rings is 1. The van der Waals surface area contributed by atoms with E-state index in [1.54, 1.807) is 23.1 Å². The van der Waals surface area contributed by atoms with E-state index in [2.05, 4.69) is 0 Å². The molecule has 0 saturated carbocycles. The number of amides is 1. The molecule has 1 amide bonds. The Morgan fingerprint density at radius 3 is 2.21 bits per heavy atom. The van der Waals surface area contributed by atoms with E-state index in [0.717, 1.165) is 12.8 Å². The van der Waals surface area contributed by atoms with Crippen LogP contribution in [0.4, 0.5) is 0 Å². The van der Waals surface area contributed by atoms with Crippen LogP contribution in [0.25, 0.3) is 0 Å². The monoisotopic (exact) mass is 316 g/mol. The minimum absolute atomic E-state index is 0.0502. The molecular weight excluding hydrogens is 303 g/mol. The summed E-state index contributed by atoms with van der Waals surface area (Å²) in [6.45, 7) is 1.32. The molecule has 0 unspecified atom stereocenters. The van der Waals surface area contributed by atoms with Gasteiger partial charge in [-0.05, 0) is 31.0 Å². The number of nitrogens with two attached hydrogens (primary N) is 1. The Morgan fingerprint density at radius 2 is 1.74 bits per heavy atom. The summed E-state index contributed by atoms with van der Waals surface area (Å²) >= 11 is 16.8. The smallest absolute Gasteiger partial charge is 0.253 e. The molecule has 0 spiro atoms. The van der Waals surface area contributed by atoms with Crippen LogP contribution in [-0.2, 0) is 0 Å². The van der Waals surface area contributed by atoms with Gasteiger partial charge in [0.05, 0.1) is 4.99 Å². The van der Waals surface area contributed by atoms with Crippen LogP contribution in [0, 0.1) is 5.92 Å². The number of rotatable bonds is 2. The van der Waals surface area contributed by atoms with Gasteiger partial charge in [-0.15, -0.1) is 0 Å². The van der Waals surface area contributed by atoms with Gasteiger partial charge >= 0.3 is 0 Å². The van der Waals surface area contributed by atoms with Crippen LogP contribution < -0.4 is 5.73 Å². The number of halogens is 2. The Hall–Kier alpha value is -0.840. The van der Waals surface area contributed by atoms with Gasteiger partial charge in [0, 0.05) is 34.6 Å². The lowest BCUT2D eigenvalue weighted by Crippen LogP contribution is -2.41. The fraction of sp³-hybridized carbons (Fsp3) is 0.385. The minimum atomic E-state index is -0.0502. The first kappa shape index (κ1) is 14.6. The summed E-state index contributed by atoms with van der Waals surface area (Å²) in [5.41, 5.74) is 6.15. The Bertz CT molecular complexity index is 493. The molecule has 0 aromatic heterocycles. The molecule has 0 aliphatic carbocycles. The fourth-order valence-electron chi connectivity index (χ4n) is 2.23. The number of carbonyl (C=O) groups excluding carboxylic acids is 1. The maximum Gasteiger partial charge on any atom is 0.253 e. The maximum atomic E-state index is 12.3. The predicted octanol–water partition coefficient (Wildman–Crippen LogP) is 3.13. The molecule has 0 radical (unpaired) electrons. The second kappa shape index (κ2) is 6.07. The van der Waals surface area contributed by atoms with Crippen molar-refractivity contribution in [2.24, 2.45) is 11.7 Å². The average molecular weight is 317 g/mol. The van der Waals surface area contributed by atoms with Crippen molar-refractivity contribution < 1.29 is 4.79 Å². The number of likely N-dealkylation sites (tertiary alicyclic amines) is 1. The van der Waals surface area contributed by atoms with Crippen LogP contribution in [0.5, 0.6) is 0 Å².